The summed E-state index contributed by atoms with van der Waals surface area (Å²) < 4.78 is 10.5. The van der Waals surface area contributed by atoms with E-state index in [0.717, 1.165) is 11.3 Å². The molecule has 7 nitrogen and oxygen atoms in total. The van der Waals surface area contributed by atoms with Gasteiger partial charge in [0.2, 0.25) is 0 Å². The minimum Gasteiger partial charge on any atom is -0.618 e. The summed E-state index contributed by atoms with van der Waals surface area (Å²) in [6, 6.07) is 11.6. The zero-order valence-corrected chi connectivity index (χ0v) is 13.4. The second-order valence-electron chi connectivity index (χ2n) is 5.03. The molecule has 2 rings (SSSR count). The lowest BCUT2D eigenvalue weighted by atomic mass is 10.2. The van der Waals surface area contributed by atoms with Gasteiger partial charge in [-0.1, -0.05) is 12.1 Å². The van der Waals surface area contributed by atoms with Crippen LogP contribution in [-0.2, 0) is 16.1 Å². The highest BCUT2D eigenvalue weighted by molar-refractivity contribution is 5.89. The van der Waals surface area contributed by atoms with Crippen molar-refractivity contribution >= 4 is 11.9 Å². The third kappa shape index (κ3) is 4.45. The van der Waals surface area contributed by atoms with Crippen LogP contribution in [0.2, 0.25) is 0 Å². The number of hydrogen-bond acceptors (Lipinski definition) is 5. The predicted molar refractivity (Wildman–Crippen MR) is 85.1 cm³/mol. The minimum absolute atomic E-state index is 0.174. The fourth-order valence-corrected chi connectivity index (χ4v) is 1.94. The van der Waals surface area contributed by atoms with E-state index in [-0.39, 0.29) is 12.2 Å². The number of aromatic nitrogens is 1. The molecule has 0 spiro atoms. The number of esters is 1. The molecule has 0 bridgehead atoms. The van der Waals surface area contributed by atoms with E-state index >= 15 is 0 Å². The van der Waals surface area contributed by atoms with Crippen LogP contribution in [0.3, 0.4) is 0 Å². The molecule has 1 aromatic heterocycles. The maximum atomic E-state index is 12.0. The molecular formula is C17H18N2O5. The van der Waals surface area contributed by atoms with Gasteiger partial charge in [-0.25, -0.2) is 4.79 Å². The Labute approximate surface area is 139 Å². The van der Waals surface area contributed by atoms with E-state index in [1.165, 1.54) is 25.3 Å². The number of amides is 1. The average Bonchev–Trinajstić information content (AvgIpc) is 2.60. The molecule has 7 heteroatoms. The summed E-state index contributed by atoms with van der Waals surface area (Å²) in [5, 5.41) is 14.1. The molecule has 0 aliphatic rings. The number of carbonyl (C=O) groups excluding carboxylic acids is 2. The first-order valence-corrected chi connectivity index (χ1v) is 7.31. The molecule has 1 aromatic carbocycles. The highest BCUT2D eigenvalue weighted by Gasteiger charge is 2.23. The van der Waals surface area contributed by atoms with E-state index < -0.39 is 18.0 Å². The smallest absolute Gasteiger partial charge is 0.405 e. The van der Waals surface area contributed by atoms with Crippen LogP contribution in [0.4, 0.5) is 0 Å². The van der Waals surface area contributed by atoms with Crippen molar-refractivity contribution in [2.24, 2.45) is 0 Å². The highest BCUT2D eigenvalue weighted by Crippen LogP contribution is 2.11. The lowest BCUT2D eigenvalue weighted by Crippen LogP contribution is -2.39. The Morgan fingerprint density at radius 3 is 2.54 bits per heavy atom. The molecule has 1 atom stereocenters. The van der Waals surface area contributed by atoms with Crippen LogP contribution in [0.25, 0.3) is 0 Å². The summed E-state index contributed by atoms with van der Waals surface area (Å²) in [4.78, 5) is 23.9. The van der Waals surface area contributed by atoms with Gasteiger partial charge in [0.15, 0.2) is 12.3 Å². The van der Waals surface area contributed by atoms with Crippen molar-refractivity contribution in [1.82, 2.24) is 5.32 Å². The van der Waals surface area contributed by atoms with Gasteiger partial charge >= 0.3 is 11.7 Å². The molecule has 0 fully saturated rings. The molecule has 1 N–H and O–H groups in total. The van der Waals surface area contributed by atoms with E-state index in [2.05, 4.69) is 5.32 Å². The average molecular weight is 330 g/mol. The van der Waals surface area contributed by atoms with Crippen molar-refractivity contribution in [1.29, 1.82) is 0 Å². The van der Waals surface area contributed by atoms with Crippen molar-refractivity contribution in [2.45, 2.75) is 19.6 Å². The molecule has 126 valence electrons. The molecule has 1 heterocycles. The molecule has 0 saturated heterocycles. The van der Waals surface area contributed by atoms with Gasteiger partial charge in [0, 0.05) is 18.7 Å². The number of nitrogens with one attached hydrogen (secondary N) is 1. The summed E-state index contributed by atoms with van der Waals surface area (Å²) in [6.45, 7) is 1.73. The quantitative estimate of drug-likeness (QED) is 0.488. The number of hydrogen-bond donors (Lipinski definition) is 1. The first-order valence-electron chi connectivity index (χ1n) is 7.31. The number of ether oxygens (including phenoxy) is 2. The second kappa shape index (κ2) is 7.96. The van der Waals surface area contributed by atoms with Gasteiger partial charge in [0.05, 0.1) is 7.11 Å². The normalized spacial score (nSPS) is 11.4. The van der Waals surface area contributed by atoms with Crippen LogP contribution in [0.15, 0.2) is 48.7 Å². The molecule has 0 radical (unpaired) electrons. The first kappa shape index (κ1) is 17.3. The zero-order valence-electron chi connectivity index (χ0n) is 13.4. The summed E-state index contributed by atoms with van der Waals surface area (Å²) in [5.74, 6) is -0.577. The SMILES string of the molecule is COc1ccc(CNC(=O)[C@@H](C)OC(=O)c2cccc[n+]2[O-])cc1. The van der Waals surface area contributed by atoms with Crippen molar-refractivity contribution in [3.05, 3.63) is 65.1 Å². The fourth-order valence-electron chi connectivity index (χ4n) is 1.94. The third-order valence-electron chi connectivity index (χ3n) is 3.31. The Morgan fingerprint density at radius 2 is 1.92 bits per heavy atom. The molecule has 2 aromatic rings. The summed E-state index contributed by atoms with van der Waals surface area (Å²) in [7, 11) is 1.57. The number of nitrogens with zero attached hydrogens (tertiary/aromatic N) is 1. The predicted octanol–water partition coefficient (Wildman–Crippen LogP) is 1.19. The van der Waals surface area contributed by atoms with E-state index in [1.807, 2.05) is 12.1 Å². The topological polar surface area (TPSA) is 91.6 Å². The van der Waals surface area contributed by atoms with Crippen LogP contribution in [0.1, 0.15) is 23.0 Å². The van der Waals surface area contributed by atoms with Crippen LogP contribution in [-0.4, -0.2) is 25.1 Å². The van der Waals surface area contributed by atoms with Gasteiger partial charge in [-0.05, 0) is 30.7 Å². The zero-order chi connectivity index (χ0) is 17.5. The Morgan fingerprint density at radius 1 is 1.21 bits per heavy atom. The number of carbonyl (C=O) groups is 2. The molecule has 0 aliphatic heterocycles. The second-order valence-corrected chi connectivity index (χ2v) is 5.03. The standard InChI is InChI=1S/C17H18N2O5/c1-12(24-17(21)15-5-3-4-10-19(15)22)16(20)18-11-13-6-8-14(23-2)9-7-13/h3-10,12H,11H2,1-2H3,(H,18,20)/t12-/m1/s1. The van der Waals surface area contributed by atoms with Gasteiger partial charge in [-0.3, -0.25) is 4.79 Å². The van der Waals surface area contributed by atoms with E-state index in [4.69, 9.17) is 9.47 Å². The number of pyridine rings is 1. The highest BCUT2D eigenvalue weighted by atomic mass is 16.6. The van der Waals surface area contributed by atoms with E-state index in [0.29, 0.717) is 4.73 Å². The van der Waals surface area contributed by atoms with Crippen LogP contribution >= 0.6 is 0 Å². The van der Waals surface area contributed by atoms with Gasteiger partial charge in [-0.15, -0.1) is 0 Å². The van der Waals surface area contributed by atoms with Gasteiger partial charge in [0.25, 0.3) is 5.91 Å². The van der Waals surface area contributed by atoms with Gasteiger partial charge in [0.1, 0.15) is 5.75 Å². The van der Waals surface area contributed by atoms with Gasteiger partial charge < -0.3 is 20.0 Å². The number of rotatable bonds is 6. The first-order chi connectivity index (χ1) is 11.5. The minimum atomic E-state index is -1.02. The molecule has 0 aliphatic carbocycles. The van der Waals surface area contributed by atoms with Crippen LogP contribution in [0, 0.1) is 5.21 Å². The Kier molecular flexibility index (Phi) is 5.73. The van der Waals surface area contributed by atoms with Crippen molar-refractivity contribution in [3.63, 3.8) is 0 Å². The molecule has 0 saturated carbocycles. The van der Waals surface area contributed by atoms with Crippen molar-refractivity contribution < 1.29 is 23.8 Å². The third-order valence-corrected chi connectivity index (χ3v) is 3.31. The summed E-state index contributed by atoms with van der Waals surface area (Å²) in [5.41, 5.74) is 0.704. The van der Waals surface area contributed by atoms with Crippen molar-refractivity contribution in [3.8, 4) is 5.75 Å². The van der Waals surface area contributed by atoms with Crippen molar-refractivity contribution in [2.75, 3.05) is 7.11 Å². The molecule has 0 unspecified atom stereocenters. The lowest BCUT2D eigenvalue weighted by molar-refractivity contribution is -0.608. The summed E-state index contributed by atoms with van der Waals surface area (Å²) in [6.07, 6.45) is 0.168. The maximum Gasteiger partial charge on any atom is 0.405 e. The van der Waals surface area contributed by atoms with Crippen LogP contribution in [0.5, 0.6) is 5.75 Å². The number of benzene rings is 1. The summed E-state index contributed by atoms with van der Waals surface area (Å²) >= 11 is 0. The maximum absolute atomic E-state index is 12.0. The monoisotopic (exact) mass is 330 g/mol. The fraction of sp³-hybridized carbons (Fsp3) is 0.235. The van der Waals surface area contributed by atoms with Gasteiger partial charge in [-0.2, -0.15) is 4.73 Å². The molecule has 24 heavy (non-hydrogen) atoms. The lowest BCUT2D eigenvalue weighted by Gasteiger charge is -2.13. The van der Waals surface area contributed by atoms with E-state index in [9.17, 15) is 14.8 Å². The largest absolute Gasteiger partial charge is 0.618 e. The Bertz CT molecular complexity index is 715. The van der Waals surface area contributed by atoms with Crippen LogP contribution < -0.4 is 14.8 Å². The Hall–Kier alpha value is -3.09. The Balaban J connectivity index is 1.87. The molecular weight excluding hydrogens is 312 g/mol. The number of methoxy groups -OCH3 is 1. The van der Waals surface area contributed by atoms with E-state index in [1.54, 1.807) is 25.3 Å². The molecule has 1 amide bonds.